The molecule has 0 saturated heterocycles. The second kappa shape index (κ2) is 7.53. The van der Waals surface area contributed by atoms with Crippen molar-refractivity contribution < 1.29 is 49.2 Å². The van der Waals surface area contributed by atoms with E-state index in [0.717, 1.165) is 6.42 Å². The largest absolute Gasteiger partial charge is 2.00 e. The first-order valence-corrected chi connectivity index (χ1v) is 4.92. The Morgan fingerprint density at radius 3 is 2.56 bits per heavy atom. The molecule has 0 aromatic heterocycles. The van der Waals surface area contributed by atoms with Gasteiger partial charge in [0.2, 0.25) is 0 Å². The Hall–Kier alpha value is 0.223. The molecule has 2 nitrogen and oxygen atoms in total. The van der Waals surface area contributed by atoms with E-state index in [2.05, 4.69) is 31.8 Å². The fourth-order valence-electron chi connectivity index (χ4n) is 2.05. The summed E-state index contributed by atoms with van der Waals surface area (Å²) in [6, 6.07) is 0. The second-order valence-electron chi connectivity index (χ2n) is 3.72. The van der Waals surface area contributed by atoms with Gasteiger partial charge in [-0.05, 0) is 0 Å². The summed E-state index contributed by atoms with van der Waals surface area (Å²) < 4.78 is 4.74. The van der Waals surface area contributed by atoms with E-state index in [1.807, 2.05) is 6.08 Å². The standard InChI is InChI=1S/C12H14O2.V.W/c1-14-12(13)11-7-6-9-4-2-3-5-10(9)8-11;;/h2-6,8-11H,7H2,1H3;;/q-4;2*+2. The maximum atomic E-state index is 11.3. The van der Waals surface area contributed by atoms with Crippen LogP contribution in [0.2, 0.25) is 0 Å². The molecule has 85 valence electrons. The fourth-order valence-corrected chi connectivity index (χ4v) is 2.05. The van der Waals surface area contributed by atoms with Crippen molar-refractivity contribution in [2.24, 2.45) is 17.8 Å². The van der Waals surface area contributed by atoms with E-state index in [4.69, 9.17) is 4.74 Å². The zero-order valence-corrected chi connectivity index (χ0v) is 13.4. The number of hydrogen-bond acceptors (Lipinski definition) is 2. The van der Waals surface area contributed by atoms with E-state index in [1.165, 1.54) is 7.11 Å². The van der Waals surface area contributed by atoms with Gasteiger partial charge in [0, 0.05) is 0 Å². The van der Waals surface area contributed by atoms with Crippen LogP contribution in [0.15, 0.2) is 12.2 Å². The molecule has 0 aromatic rings. The number of methoxy groups -OCH3 is 1. The third kappa shape index (κ3) is 3.62. The van der Waals surface area contributed by atoms with Gasteiger partial charge in [-0.2, -0.15) is 6.42 Å². The van der Waals surface area contributed by atoms with Gasteiger partial charge in [-0.1, -0.05) is 5.92 Å². The Kier molecular flexibility index (Phi) is 7.63. The van der Waals surface area contributed by atoms with E-state index >= 15 is 0 Å². The van der Waals surface area contributed by atoms with Gasteiger partial charge in [-0.15, -0.1) is 0 Å². The van der Waals surface area contributed by atoms with Gasteiger partial charge >= 0.3 is 39.6 Å². The van der Waals surface area contributed by atoms with E-state index in [1.54, 1.807) is 0 Å². The molecular formula is C12H14O2VW. The average molecular weight is 425 g/mol. The fraction of sp³-hybridized carbons (Fsp3) is 0.417. The van der Waals surface area contributed by atoms with Crippen LogP contribution >= 0.6 is 0 Å². The smallest absolute Gasteiger partial charge is 0.471 e. The van der Waals surface area contributed by atoms with Gasteiger partial charge in [0.25, 0.3) is 5.97 Å². The third-order valence-corrected chi connectivity index (χ3v) is 2.84. The van der Waals surface area contributed by atoms with Gasteiger partial charge < -0.3 is 42.6 Å². The summed E-state index contributed by atoms with van der Waals surface area (Å²) in [7, 11) is 1.44. The molecule has 3 unspecified atom stereocenters. The minimum atomic E-state index is -0.123. The summed E-state index contributed by atoms with van der Waals surface area (Å²) in [4.78, 5) is 11.3. The Balaban J connectivity index is 0.00000112. The minimum Gasteiger partial charge on any atom is -0.471 e. The van der Waals surface area contributed by atoms with Crippen molar-refractivity contribution in [1.82, 2.24) is 0 Å². The molecule has 2 rings (SSSR count). The van der Waals surface area contributed by atoms with Crippen molar-refractivity contribution in [2.45, 2.75) is 6.42 Å². The molecule has 0 spiro atoms. The normalized spacial score (nSPS) is 30.7. The Bertz CT molecular complexity index is 255. The van der Waals surface area contributed by atoms with Gasteiger partial charge in [0.05, 0.1) is 7.11 Å². The summed E-state index contributed by atoms with van der Waals surface area (Å²) in [5, 5.41) is 0. The molecule has 0 aromatic carbocycles. The first kappa shape index (κ1) is 16.2. The molecular weight excluding hydrogens is 411 g/mol. The molecule has 2 aliphatic carbocycles. The van der Waals surface area contributed by atoms with Gasteiger partial charge in [-0.25, -0.2) is 0 Å². The van der Waals surface area contributed by atoms with Gasteiger partial charge in [0.1, 0.15) is 0 Å². The minimum absolute atomic E-state index is 0. The van der Waals surface area contributed by atoms with Crippen molar-refractivity contribution in [3.05, 3.63) is 37.8 Å². The zero-order chi connectivity index (χ0) is 9.97. The van der Waals surface area contributed by atoms with Gasteiger partial charge in [-0.3, -0.25) is 16.6 Å². The number of carbonyl (C=O) groups is 1. The SMILES string of the molecule is COC(=O)C1[CH-]C2[CH-]C=C[CH-]C2[CH-]C1.[V+2].[W+2]. The number of allylic oxidation sites excluding steroid dienone is 2. The molecule has 0 heterocycles. The molecule has 3 atom stereocenters. The van der Waals surface area contributed by atoms with Crippen molar-refractivity contribution in [3.63, 3.8) is 0 Å². The van der Waals surface area contributed by atoms with Crippen LogP contribution in [-0.4, -0.2) is 13.1 Å². The van der Waals surface area contributed by atoms with Crippen LogP contribution < -0.4 is 0 Å². The first-order chi connectivity index (χ1) is 6.81. The maximum absolute atomic E-state index is 11.3. The molecule has 16 heavy (non-hydrogen) atoms. The number of rotatable bonds is 1. The van der Waals surface area contributed by atoms with Crippen LogP contribution in [0.1, 0.15) is 6.42 Å². The molecule has 1 radical (unpaired) electrons. The van der Waals surface area contributed by atoms with Crippen LogP contribution in [0.3, 0.4) is 0 Å². The summed E-state index contributed by atoms with van der Waals surface area (Å²) in [6.45, 7) is 0. The number of carbonyl (C=O) groups excluding carboxylic acids is 1. The number of hydrogen-bond donors (Lipinski definition) is 0. The van der Waals surface area contributed by atoms with Crippen LogP contribution in [-0.2, 0) is 49.2 Å². The molecule has 2 aliphatic rings. The number of ether oxygens (including phenoxy) is 1. The number of esters is 1. The van der Waals surface area contributed by atoms with E-state index in [9.17, 15) is 4.79 Å². The summed E-state index contributed by atoms with van der Waals surface area (Å²) >= 11 is 0. The van der Waals surface area contributed by atoms with Crippen molar-refractivity contribution in [3.8, 4) is 0 Å². The van der Waals surface area contributed by atoms with Crippen molar-refractivity contribution in [2.75, 3.05) is 7.11 Å². The molecule has 1 fully saturated rings. The second-order valence-corrected chi connectivity index (χ2v) is 3.72. The quantitative estimate of drug-likeness (QED) is 0.474. The molecule has 0 aliphatic heterocycles. The van der Waals surface area contributed by atoms with Crippen LogP contribution in [0, 0.1) is 43.4 Å². The maximum Gasteiger partial charge on any atom is 2.00 e. The molecule has 0 amide bonds. The predicted molar refractivity (Wildman–Crippen MR) is 53.4 cm³/mol. The summed E-state index contributed by atoms with van der Waals surface area (Å²) in [5.74, 6) is 0.666. The summed E-state index contributed by atoms with van der Waals surface area (Å²) in [6.07, 6.45) is 13.5. The Labute approximate surface area is 124 Å². The topological polar surface area (TPSA) is 26.3 Å². The third-order valence-electron chi connectivity index (χ3n) is 2.84. The monoisotopic (exact) mass is 425 g/mol. The van der Waals surface area contributed by atoms with Gasteiger partial charge in [0.15, 0.2) is 0 Å². The first-order valence-electron chi connectivity index (χ1n) is 4.92. The summed E-state index contributed by atoms with van der Waals surface area (Å²) in [5.41, 5.74) is 0. The van der Waals surface area contributed by atoms with Crippen LogP contribution in [0.4, 0.5) is 0 Å². The van der Waals surface area contributed by atoms with Crippen LogP contribution in [0.25, 0.3) is 0 Å². The van der Waals surface area contributed by atoms with E-state index in [0.29, 0.717) is 11.8 Å². The number of fused-ring (bicyclic) bond motifs is 1. The molecule has 1 saturated carbocycles. The molecule has 0 N–H and O–H groups in total. The Morgan fingerprint density at radius 1 is 1.31 bits per heavy atom. The Morgan fingerprint density at radius 2 is 1.94 bits per heavy atom. The molecule has 0 bridgehead atoms. The van der Waals surface area contributed by atoms with E-state index in [-0.39, 0.29) is 51.5 Å². The predicted octanol–water partition coefficient (Wildman–Crippen LogP) is 1.79. The van der Waals surface area contributed by atoms with Crippen LogP contribution in [0.5, 0.6) is 0 Å². The van der Waals surface area contributed by atoms with Crippen molar-refractivity contribution >= 4 is 5.97 Å². The zero-order valence-electron chi connectivity index (χ0n) is 9.08. The van der Waals surface area contributed by atoms with E-state index < -0.39 is 0 Å². The average Bonchev–Trinajstić information content (AvgIpc) is 2.27. The molecule has 4 heteroatoms. The van der Waals surface area contributed by atoms with Crippen molar-refractivity contribution in [1.29, 1.82) is 0 Å².